The van der Waals surface area contributed by atoms with Gasteiger partial charge >= 0.3 is 0 Å². The first-order valence-electron chi connectivity index (χ1n) is 9.59. The predicted molar refractivity (Wildman–Crippen MR) is 97.6 cm³/mol. The summed E-state index contributed by atoms with van der Waals surface area (Å²) in [5.41, 5.74) is 0.161. The molecule has 3 fully saturated rings. The maximum absolute atomic E-state index is 14.1. The fourth-order valence-corrected chi connectivity index (χ4v) is 4.87. The third kappa shape index (κ3) is 3.15. The molecule has 1 aromatic rings. The van der Waals surface area contributed by atoms with Gasteiger partial charge in [-0.1, -0.05) is 26.0 Å². The van der Waals surface area contributed by atoms with Gasteiger partial charge in [-0.05, 0) is 18.1 Å². The summed E-state index contributed by atoms with van der Waals surface area (Å²) >= 11 is 0. The van der Waals surface area contributed by atoms with Crippen molar-refractivity contribution < 1.29 is 13.9 Å². The van der Waals surface area contributed by atoms with Crippen molar-refractivity contribution in [1.29, 1.82) is 0 Å². The molecular formula is C20H28FN3O2. The Kier molecular flexibility index (Phi) is 4.75. The maximum Gasteiger partial charge on any atom is 0.256 e. The number of benzene rings is 1. The second kappa shape index (κ2) is 6.91. The highest BCUT2D eigenvalue weighted by Gasteiger charge is 2.54. The number of rotatable bonds is 3. The number of fused-ring (bicyclic) bond motifs is 2. The molecule has 3 aliphatic heterocycles. The number of hydrogen-bond donors (Lipinski definition) is 0. The Morgan fingerprint density at radius 3 is 2.81 bits per heavy atom. The molecule has 1 spiro atoms. The summed E-state index contributed by atoms with van der Waals surface area (Å²) in [6, 6.07) is 6.49. The first-order chi connectivity index (χ1) is 12.5. The van der Waals surface area contributed by atoms with Crippen molar-refractivity contribution in [3.63, 3.8) is 0 Å². The van der Waals surface area contributed by atoms with E-state index < -0.39 is 5.82 Å². The lowest BCUT2D eigenvalue weighted by molar-refractivity contribution is -0.159. The molecule has 1 aromatic carbocycles. The molecule has 1 amide bonds. The van der Waals surface area contributed by atoms with Crippen molar-refractivity contribution in [3.8, 4) is 0 Å². The van der Waals surface area contributed by atoms with E-state index in [2.05, 4.69) is 23.6 Å². The fraction of sp³-hybridized carbons (Fsp3) is 0.650. The number of piperazine rings is 1. The summed E-state index contributed by atoms with van der Waals surface area (Å²) in [5.74, 6) is -0.00787. The summed E-state index contributed by atoms with van der Waals surface area (Å²) in [6.45, 7) is 11.1. The average Bonchev–Trinajstić information content (AvgIpc) is 2.59. The van der Waals surface area contributed by atoms with E-state index >= 15 is 0 Å². The largest absolute Gasteiger partial charge is 0.378 e. The standard InChI is InChI=1S/C20H28FN3O2/c1-15(2)9-22-12-20(13-22)14-23(10-16-11-26-8-7-24(16)20)19(25)17-5-3-4-6-18(17)21/h3-6,15-16H,7-14H2,1-2H3. The van der Waals surface area contributed by atoms with E-state index in [1.165, 1.54) is 6.07 Å². The van der Waals surface area contributed by atoms with Crippen molar-refractivity contribution in [2.24, 2.45) is 5.92 Å². The summed E-state index contributed by atoms with van der Waals surface area (Å²) in [7, 11) is 0. The zero-order valence-corrected chi connectivity index (χ0v) is 15.7. The van der Waals surface area contributed by atoms with Gasteiger partial charge in [-0.15, -0.1) is 0 Å². The molecule has 4 rings (SSSR count). The van der Waals surface area contributed by atoms with E-state index in [4.69, 9.17) is 4.74 Å². The third-order valence-electron chi connectivity index (χ3n) is 5.80. The van der Waals surface area contributed by atoms with E-state index in [9.17, 15) is 9.18 Å². The van der Waals surface area contributed by atoms with Crippen LogP contribution in [0.2, 0.25) is 0 Å². The molecule has 3 heterocycles. The number of hydrogen-bond acceptors (Lipinski definition) is 4. The minimum Gasteiger partial charge on any atom is -0.378 e. The van der Waals surface area contributed by atoms with E-state index in [1.807, 2.05) is 4.90 Å². The van der Waals surface area contributed by atoms with Gasteiger partial charge in [-0.2, -0.15) is 0 Å². The number of nitrogens with zero attached hydrogens (tertiary/aromatic N) is 3. The molecular weight excluding hydrogens is 333 g/mol. The zero-order chi connectivity index (χ0) is 18.3. The molecule has 0 aromatic heterocycles. The highest BCUT2D eigenvalue weighted by molar-refractivity contribution is 5.94. The van der Waals surface area contributed by atoms with Gasteiger partial charge in [0.15, 0.2) is 0 Å². The number of halogens is 1. The van der Waals surface area contributed by atoms with Crippen LogP contribution >= 0.6 is 0 Å². The minimum atomic E-state index is -0.441. The van der Waals surface area contributed by atoms with Gasteiger partial charge in [0, 0.05) is 39.3 Å². The topological polar surface area (TPSA) is 36.0 Å². The second-order valence-electron chi connectivity index (χ2n) is 8.38. The van der Waals surface area contributed by atoms with E-state index in [0.29, 0.717) is 25.6 Å². The first-order valence-corrected chi connectivity index (χ1v) is 9.59. The van der Waals surface area contributed by atoms with Crippen molar-refractivity contribution in [3.05, 3.63) is 35.6 Å². The number of likely N-dealkylation sites (tertiary alicyclic amines) is 1. The maximum atomic E-state index is 14.1. The van der Waals surface area contributed by atoms with Gasteiger partial charge in [-0.25, -0.2) is 4.39 Å². The molecule has 0 radical (unpaired) electrons. The quantitative estimate of drug-likeness (QED) is 0.821. The van der Waals surface area contributed by atoms with E-state index in [-0.39, 0.29) is 23.1 Å². The van der Waals surface area contributed by atoms with Crippen molar-refractivity contribution in [2.45, 2.75) is 25.4 Å². The molecule has 6 heteroatoms. The van der Waals surface area contributed by atoms with Crippen LogP contribution in [0.25, 0.3) is 0 Å². The Morgan fingerprint density at radius 1 is 1.31 bits per heavy atom. The second-order valence-corrected chi connectivity index (χ2v) is 8.38. The number of amides is 1. The average molecular weight is 361 g/mol. The Bertz CT molecular complexity index is 675. The molecule has 0 bridgehead atoms. The van der Waals surface area contributed by atoms with Crippen molar-refractivity contribution in [1.82, 2.24) is 14.7 Å². The van der Waals surface area contributed by atoms with Gasteiger partial charge in [0.05, 0.1) is 30.4 Å². The van der Waals surface area contributed by atoms with Crippen molar-refractivity contribution in [2.75, 3.05) is 52.5 Å². The SMILES string of the molecule is CC(C)CN1CC2(C1)CN(C(=O)c1ccccc1F)CC1COCCN12. The molecule has 0 N–H and O–H groups in total. The van der Waals surface area contributed by atoms with Gasteiger partial charge in [0.2, 0.25) is 0 Å². The van der Waals surface area contributed by atoms with Crippen LogP contribution in [0.15, 0.2) is 24.3 Å². The van der Waals surface area contributed by atoms with Gasteiger partial charge in [0.1, 0.15) is 5.82 Å². The van der Waals surface area contributed by atoms with Gasteiger partial charge in [-0.3, -0.25) is 14.6 Å². The summed E-state index contributed by atoms with van der Waals surface area (Å²) in [4.78, 5) is 19.9. The molecule has 1 atom stereocenters. The Hall–Kier alpha value is -1.50. The van der Waals surface area contributed by atoms with E-state index in [0.717, 1.165) is 32.8 Å². The molecule has 142 valence electrons. The molecule has 5 nitrogen and oxygen atoms in total. The Balaban J connectivity index is 1.55. The lowest BCUT2D eigenvalue weighted by atomic mass is 9.82. The molecule has 3 aliphatic rings. The normalized spacial score (nSPS) is 26.0. The molecule has 0 saturated carbocycles. The van der Waals surface area contributed by atoms with Gasteiger partial charge in [0.25, 0.3) is 5.91 Å². The number of morpholine rings is 1. The van der Waals surface area contributed by atoms with Crippen LogP contribution in [0.1, 0.15) is 24.2 Å². The van der Waals surface area contributed by atoms with Crippen LogP contribution in [-0.2, 0) is 4.74 Å². The molecule has 26 heavy (non-hydrogen) atoms. The van der Waals surface area contributed by atoms with Crippen LogP contribution in [0.4, 0.5) is 4.39 Å². The van der Waals surface area contributed by atoms with Gasteiger partial charge < -0.3 is 9.64 Å². The van der Waals surface area contributed by atoms with Crippen LogP contribution in [-0.4, -0.2) is 84.7 Å². The molecule has 0 aliphatic carbocycles. The van der Waals surface area contributed by atoms with Crippen LogP contribution in [0.5, 0.6) is 0 Å². The van der Waals surface area contributed by atoms with Crippen LogP contribution in [0.3, 0.4) is 0 Å². The van der Waals surface area contributed by atoms with Crippen LogP contribution in [0, 0.1) is 11.7 Å². The number of ether oxygens (including phenoxy) is 1. The minimum absolute atomic E-state index is 0.0114. The summed E-state index contributed by atoms with van der Waals surface area (Å²) in [5, 5.41) is 0. The zero-order valence-electron chi connectivity index (χ0n) is 15.7. The molecule has 3 saturated heterocycles. The summed E-state index contributed by atoms with van der Waals surface area (Å²) in [6.07, 6.45) is 0. The third-order valence-corrected chi connectivity index (χ3v) is 5.80. The van der Waals surface area contributed by atoms with E-state index in [1.54, 1.807) is 18.2 Å². The predicted octanol–water partition coefficient (Wildman–Crippen LogP) is 1.69. The Morgan fingerprint density at radius 2 is 2.08 bits per heavy atom. The Labute approximate surface area is 154 Å². The number of carbonyl (C=O) groups is 1. The lowest BCUT2D eigenvalue weighted by Crippen LogP contribution is -2.81. The lowest BCUT2D eigenvalue weighted by Gasteiger charge is -2.63. The smallest absolute Gasteiger partial charge is 0.256 e. The fourth-order valence-electron chi connectivity index (χ4n) is 4.87. The summed E-state index contributed by atoms with van der Waals surface area (Å²) < 4.78 is 19.8. The highest BCUT2D eigenvalue weighted by Crippen LogP contribution is 2.36. The molecule has 1 unspecified atom stereocenters. The van der Waals surface area contributed by atoms with Crippen LogP contribution < -0.4 is 0 Å². The first kappa shape index (κ1) is 17.9. The van der Waals surface area contributed by atoms with Crippen molar-refractivity contribution >= 4 is 5.91 Å². The monoisotopic (exact) mass is 361 g/mol. The highest BCUT2D eigenvalue weighted by atomic mass is 19.1. The number of carbonyl (C=O) groups excluding carboxylic acids is 1.